The lowest BCUT2D eigenvalue weighted by Crippen LogP contribution is -2.58. The van der Waals surface area contributed by atoms with Crippen LogP contribution in [0.4, 0.5) is 15.6 Å². The Morgan fingerprint density at radius 2 is 1.71 bits per heavy atom. The Bertz CT molecular complexity index is 2520. The summed E-state index contributed by atoms with van der Waals surface area (Å²) in [4.78, 5) is 84.0. The monoisotopic (exact) mass is 948 g/mol. The summed E-state index contributed by atoms with van der Waals surface area (Å²) < 4.78 is 12.3. The molecule has 4 heterocycles. The minimum Gasteiger partial charge on any atom is -0.497 e. The number of nitrogens with one attached hydrogen (secondary N) is 4. The Kier molecular flexibility index (Phi) is 14.9. The predicted molar refractivity (Wildman–Crippen MR) is 262 cm³/mol. The number of aliphatic carboxylic acids is 1. The molecule has 17 heteroatoms. The smallest absolute Gasteiger partial charge is 0.330 e. The van der Waals surface area contributed by atoms with Gasteiger partial charge in [-0.05, 0) is 94.7 Å². The number of hydrogen-bond donors (Lipinski definition) is 5. The SMILES string of the molecule is COc1ccc2c(O[C@@H]3C[C@H]4C(=O)N[C@]5(C(=O)O)CC5C=CCCCCC[C@H](NC(=O)N[C@H](C(=O)c5ccc(N(C)C)cc5)C5CCCCC5)C(=O)N4C3)cc(-c3csc(NC(C)C)n3)nc2c1. The number of thiazole rings is 1. The minimum absolute atomic E-state index is 0.0271. The molecule has 0 bridgehead atoms. The largest absolute Gasteiger partial charge is 0.497 e. The average Bonchev–Trinajstić information content (AvgIpc) is 3.58. The molecule has 5 N–H and O–H groups in total. The van der Waals surface area contributed by atoms with E-state index in [4.69, 9.17) is 19.4 Å². The number of amides is 4. The Labute approximate surface area is 401 Å². The third-order valence-electron chi connectivity index (χ3n) is 13.7. The van der Waals surface area contributed by atoms with Crippen LogP contribution in [0.5, 0.6) is 11.5 Å². The molecule has 16 nitrogen and oxygen atoms in total. The molecule has 362 valence electrons. The number of fused-ring (bicyclic) bond motifs is 3. The zero-order valence-corrected chi connectivity index (χ0v) is 40.4. The average molecular weight is 949 g/mol. The standard InChI is InChI=1S/C51H64N8O8S/c1-30(2)52-50-55-41(29-68-50)40-26-43(37-23-22-35(66-5)24-39(37)53-40)67-36-25-42-46(61)57-51(48(63)64)27-33(51)16-12-7-6-8-13-17-38(47(62)59(42)28-36)54-49(65)56-44(31-14-10-9-11-15-31)45(60)32-18-20-34(21-19-32)58(3)4/h12,16,18-24,26,29-31,33,36,38,42,44H,6-11,13-15,17,25,27-28H2,1-5H3,(H,52,55)(H,57,61)(H,63,64)(H2,54,56,65)/t33?,36-,38+,42+,44+,51-/m1/s1. The van der Waals surface area contributed by atoms with E-state index in [0.29, 0.717) is 52.2 Å². The second-order valence-corrected chi connectivity index (χ2v) is 20.1. The van der Waals surface area contributed by atoms with E-state index in [1.54, 1.807) is 37.4 Å². The maximum absolute atomic E-state index is 15.1. The van der Waals surface area contributed by atoms with Crippen molar-refractivity contribution >= 4 is 62.7 Å². The van der Waals surface area contributed by atoms with Gasteiger partial charge < -0.3 is 45.6 Å². The summed E-state index contributed by atoms with van der Waals surface area (Å²) in [5.41, 5.74) is 1.71. The van der Waals surface area contributed by atoms with Gasteiger partial charge in [0.1, 0.15) is 40.9 Å². The summed E-state index contributed by atoms with van der Waals surface area (Å²) in [5, 5.41) is 25.9. The third-order valence-corrected chi connectivity index (χ3v) is 14.5. The molecule has 4 amide bonds. The van der Waals surface area contributed by atoms with E-state index >= 15 is 4.79 Å². The van der Waals surface area contributed by atoms with E-state index in [1.807, 2.05) is 68.6 Å². The maximum Gasteiger partial charge on any atom is 0.330 e. The van der Waals surface area contributed by atoms with Gasteiger partial charge in [-0.15, -0.1) is 11.3 Å². The number of allylic oxidation sites excluding steroid dienone is 1. The Morgan fingerprint density at radius 1 is 0.956 bits per heavy atom. The fourth-order valence-corrected chi connectivity index (χ4v) is 10.7. The second-order valence-electron chi connectivity index (χ2n) is 19.2. The van der Waals surface area contributed by atoms with Crippen molar-refractivity contribution in [2.24, 2.45) is 11.8 Å². The second kappa shape index (κ2) is 21.0. The number of Topliss-reactive ketones (excluding diaryl/α,β-unsaturated/α-hetero) is 1. The molecular weight excluding hydrogens is 885 g/mol. The lowest BCUT2D eigenvalue weighted by molar-refractivity contribution is -0.145. The number of methoxy groups -OCH3 is 1. The van der Waals surface area contributed by atoms with Gasteiger partial charge in [0.05, 0.1) is 30.9 Å². The van der Waals surface area contributed by atoms with Crippen molar-refractivity contribution in [1.82, 2.24) is 30.8 Å². The molecule has 2 saturated carbocycles. The molecule has 8 rings (SSSR count). The molecule has 0 radical (unpaired) electrons. The van der Waals surface area contributed by atoms with Crippen LogP contribution in [0.2, 0.25) is 0 Å². The molecule has 0 spiro atoms. The summed E-state index contributed by atoms with van der Waals surface area (Å²) in [6.07, 6.45) is 11.1. The minimum atomic E-state index is -1.50. The van der Waals surface area contributed by atoms with E-state index in [1.165, 1.54) is 16.2 Å². The van der Waals surface area contributed by atoms with Crippen molar-refractivity contribution in [3.05, 3.63) is 71.6 Å². The zero-order valence-electron chi connectivity index (χ0n) is 39.6. The first-order chi connectivity index (χ1) is 32.7. The summed E-state index contributed by atoms with van der Waals surface area (Å²) in [6, 6.07) is 11.1. The van der Waals surface area contributed by atoms with Crippen molar-refractivity contribution in [2.45, 2.75) is 127 Å². The Hall–Kier alpha value is -6.23. The number of nitrogens with zero attached hydrogens (tertiary/aromatic N) is 4. The quantitative estimate of drug-likeness (QED) is 0.0650. The van der Waals surface area contributed by atoms with Crippen molar-refractivity contribution < 1.29 is 38.6 Å². The Morgan fingerprint density at radius 3 is 2.43 bits per heavy atom. The van der Waals surface area contributed by atoms with E-state index in [2.05, 4.69) is 21.3 Å². The lowest BCUT2D eigenvalue weighted by Gasteiger charge is -2.32. The highest BCUT2D eigenvalue weighted by Gasteiger charge is 2.61. The van der Waals surface area contributed by atoms with Crippen LogP contribution in [0.3, 0.4) is 0 Å². The zero-order chi connectivity index (χ0) is 48.1. The summed E-state index contributed by atoms with van der Waals surface area (Å²) in [5.74, 6) is -1.85. The van der Waals surface area contributed by atoms with Gasteiger partial charge in [-0.1, -0.05) is 44.3 Å². The van der Waals surface area contributed by atoms with Gasteiger partial charge in [-0.25, -0.2) is 19.6 Å². The van der Waals surface area contributed by atoms with E-state index < -0.39 is 59.5 Å². The third kappa shape index (κ3) is 10.9. The number of benzene rings is 2. The van der Waals surface area contributed by atoms with E-state index in [9.17, 15) is 24.3 Å². The van der Waals surface area contributed by atoms with Gasteiger partial charge in [-0.3, -0.25) is 14.4 Å². The van der Waals surface area contributed by atoms with Gasteiger partial charge in [0.2, 0.25) is 11.8 Å². The fraction of sp³-hybridized carbons (Fsp3) is 0.510. The number of aromatic nitrogens is 2. The van der Waals surface area contributed by atoms with Crippen LogP contribution in [-0.4, -0.2) is 113 Å². The summed E-state index contributed by atoms with van der Waals surface area (Å²) in [7, 11) is 5.44. The molecule has 2 aliphatic carbocycles. The van der Waals surface area contributed by atoms with Crippen molar-refractivity contribution in [3.8, 4) is 22.9 Å². The molecule has 1 saturated heterocycles. The molecule has 2 aromatic carbocycles. The summed E-state index contributed by atoms with van der Waals surface area (Å²) >= 11 is 1.46. The summed E-state index contributed by atoms with van der Waals surface area (Å²) in [6.45, 7) is 4.04. The van der Waals surface area contributed by atoms with Crippen molar-refractivity contribution in [2.75, 3.05) is 38.0 Å². The molecule has 4 aliphatic rings. The first-order valence-corrected chi connectivity index (χ1v) is 24.9. The van der Waals surface area contributed by atoms with Crippen LogP contribution in [0, 0.1) is 11.8 Å². The van der Waals surface area contributed by atoms with Gasteiger partial charge in [0.25, 0.3) is 0 Å². The van der Waals surface area contributed by atoms with Crippen molar-refractivity contribution in [3.63, 3.8) is 0 Å². The number of ether oxygens (including phenoxy) is 2. The van der Waals surface area contributed by atoms with Crippen LogP contribution in [0.25, 0.3) is 22.3 Å². The van der Waals surface area contributed by atoms with Gasteiger partial charge >= 0.3 is 12.0 Å². The molecule has 2 aliphatic heterocycles. The number of carbonyl (C=O) groups is 5. The van der Waals surface area contributed by atoms with Crippen LogP contribution in [0.15, 0.2) is 66.1 Å². The number of urea groups is 1. The topological polar surface area (TPSA) is 204 Å². The fourth-order valence-electron chi connectivity index (χ4n) is 9.87. The van der Waals surface area contributed by atoms with E-state index in [0.717, 1.165) is 55.8 Å². The van der Waals surface area contributed by atoms with Gasteiger partial charge in [-0.2, -0.15) is 0 Å². The Balaban J connectivity index is 1.09. The van der Waals surface area contributed by atoms with Crippen LogP contribution in [0.1, 0.15) is 101 Å². The molecule has 1 unspecified atom stereocenters. The maximum atomic E-state index is 15.1. The number of hydrogen-bond acceptors (Lipinski definition) is 12. The molecule has 4 aromatic rings. The van der Waals surface area contributed by atoms with Crippen LogP contribution in [-0.2, 0) is 14.4 Å². The van der Waals surface area contributed by atoms with Gasteiger partial charge in [0.15, 0.2) is 10.9 Å². The van der Waals surface area contributed by atoms with Gasteiger partial charge in [0, 0.05) is 66.6 Å². The van der Waals surface area contributed by atoms with Crippen LogP contribution < -0.4 is 35.6 Å². The number of pyridine rings is 1. The van der Waals surface area contributed by atoms with Crippen LogP contribution >= 0.6 is 11.3 Å². The number of ketones is 1. The molecule has 6 atom stereocenters. The van der Waals surface area contributed by atoms with E-state index in [-0.39, 0.29) is 43.6 Å². The highest BCUT2D eigenvalue weighted by Crippen LogP contribution is 2.46. The first kappa shape index (κ1) is 48.2. The number of rotatable bonds is 13. The molecular formula is C51H64N8O8S. The number of anilines is 2. The highest BCUT2D eigenvalue weighted by atomic mass is 32.1. The molecule has 68 heavy (non-hydrogen) atoms. The number of carboxylic acid groups (broad SMARTS) is 1. The lowest BCUT2D eigenvalue weighted by atomic mass is 9.81. The normalized spacial score (nSPS) is 23.9. The number of carboxylic acids is 1. The first-order valence-electron chi connectivity index (χ1n) is 24.0. The highest BCUT2D eigenvalue weighted by molar-refractivity contribution is 7.14. The van der Waals surface area contributed by atoms with Crippen molar-refractivity contribution in [1.29, 1.82) is 0 Å². The number of carbonyl (C=O) groups excluding carboxylic acids is 4. The predicted octanol–water partition coefficient (Wildman–Crippen LogP) is 7.58. The molecule has 3 fully saturated rings. The molecule has 2 aromatic heterocycles.